The molecule has 17 heavy (non-hydrogen) atoms. The molecule has 0 spiro atoms. The molecule has 1 fully saturated rings. The standard InChI is InChI=1S/C12H14ClNO3/c13-9-2-1-3-10(14)11(9)12(15)17-7-8-4-5-16-6-8/h1-3,8H,4-7,14H2. The number of carbonyl (C=O) groups is 1. The SMILES string of the molecule is Nc1cccc(Cl)c1C(=O)OCC1CCOC1. The number of benzene rings is 1. The van der Waals surface area contributed by atoms with Gasteiger partial charge >= 0.3 is 5.97 Å². The quantitative estimate of drug-likeness (QED) is 0.664. The van der Waals surface area contributed by atoms with Crippen molar-refractivity contribution in [1.29, 1.82) is 0 Å². The van der Waals surface area contributed by atoms with Crippen molar-refractivity contribution in [1.82, 2.24) is 0 Å². The summed E-state index contributed by atoms with van der Waals surface area (Å²) in [5.41, 5.74) is 6.28. The predicted molar refractivity (Wildman–Crippen MR) is 65.1 cm³/mol. The maximum absolute atomic E-state index is 11.8. The molecule has 1 heterocycles. The van der Waals surface area contributed by atoms with Gasteiger partial charge in [-0.3, -0.25) is 0 Å². The van der Waals surface area contributed by atoms with Gasteiger partial charge < -0.3 is 15.2 Å². The van der Waals surface area contributed by atoms with Crippen LogP contribution in [0.1, 0.15) is 16.8 Å². The maximum Gasteiger partial charge on any atom is 0.341 e. The molecule has 2 N–H and O–H groups in total. The normalized spacial score (nSPS) is 19.2. The van der Waals surface area contributed by atoms with Crippen LogP contribution in [-0.4, -0.2) is 25.8 Å². The Balaban J connectivity index is 1.99. The second-order valence-electron chi connectivity index (χ2n) is 4.03. The Morgan fingerprint density at radius 3 is 3.06 bits per heavy atom. The largest absolute Gasteiger partial charge is 0.462 e. The van der Waals surface area contributed by atoms with Gasteiger partial charge in [0.05, 0.1) is 18.2 Å². The summed E-state index contributed by atoms with van der Waals surface area (Å²) < 4.78 is 10.4. The van der Waals surface area contributed by atoms with Gasteiger partial charge in [-0.1, -0.05) is 17.7 Å². The van der Waals surface area contributed by atoms with E-state index in [1.54, 1.807) is 18.2 Å². The average Bonchev–Trinajstić information content (AvgIpc) is 2.79. The van der Waals surface area contributed by atoms with E-state index in [0.29, 0.717) is 23.9 Å². The van der Waals surface area contributed by atoms with Crippen molar-refractivity contribution in [2.75, 3.05) is 25.6 Å². The van der Waals surface area contributed by atoms with E-state index in [1.807, 2.05) is 0 Å². The number of hydrogen-bond acceptors (Lipinski definition) is 4. The van der Waals surface area contributed by atoms with E-state index < -0.39 is 5.97 Å². The van der Waals surface area contributed by atoms with Crippen molar-refractivity contribution in [3.05, 3.63) is 28.8 Å². The number of anilines is 1. The van der Waals surface area contributed by atoms with Gasteiger partial charge in [0.25, 0.3) is 0 Å². The van der Waals surface area contributed by atoms with Crippen molar-refractivity contribution in [3.8, 4) is 0 Å². The van der Waals surface area contributed by atoms with E-state index in [9.17, 15) is 4.79 Å². The number of esters is 1. The zero-order valence-electron chi connectivity index (χ0n) is 9.32. The van der Waals surface area contributed by atoms with Gasteiger partial charge in [0.15, 0.2) is 0 Å². The first-order valence-electron chi connectivity index (χ1n) is 5.47. The molecule has 1 aliphatic heterocycles. The molecule has 0 aliphatic carbocycles. The minimum absolute atomic E-state index is 0.244. The Bertz CT molecular complexity index is 396. The third kappa shape index (κ3) is 2.90. The summed E-state index contributed by atoms with van der Waals surface area (Å²) in [6.07, 6.45) is 0.922. The Kier molecular flexibility index (Phi) is 3.86. The predicted octanol–water partition coefficient (Wildman–Crippen LogP) is 2.12. The first-order chi connectivity index (χ1) is 8.18. The van der Waals surface area contributed by atoms with Crippen LogP contribution >= 0.6 is 11.6 Å². The van der Waals surface area contributed by atoms with Crippen LogP contribution in [0.5, 0.6) is 0 Å². The van der Waals surface area contributed by atoms with E-state index in [4.69, 9.17) is 26.8 Å². The number of ether oxygens (including phenoxy) is 2. The number of carbonyl (C=O) groups excluding carboxylic acids is 1. The fraction of sp³-hybridized carbons (Fsp3) is 0.417. The molecule has 1 unspecified atom stereocenters. The lowest BCUT2D eigenvalue weighted by atomic mass is 10.1. The highest BCUT2D eigenvalue weighted by Gasteiger charge is 2.20. The Morgan fingerprint density at radius 1 is 1.59 bits per heavy atom. The lowest BCUT2D eigenvalue weighted by molar-refractivity contribution is 0.0429. The molecule has 0 bridgehead atoms. The summed E-state index contributed by atoms with van der Waals surface area (Å²) in [5, 5.41) is 0.317. The first-order valence-corrected chi connectivity index (χ1v) is 5.85. The fourth-order valence-corrected chi connectivity index (χ4v) is 2.00. The van der Waals surface area contributed by atoms with E-state index >= 15 is 0 Å². The highest BCUT2D eigenvalue weighted by Crippen LogP contribution is 2.23. The number of nitrogens with two attached hydrogens (primary N) is 1. The van der Waals surface area contributed by atoms with Crippen molar-refractivity contribution < 1.29 is 14.3 Å². The summed E-state index contributed by atoms with van der Waals surface area (Å²) in [6, 6.07) is 4.94. The summed E-state index contributed by atoms with van der Waals surface area (Å²) in [4.78, 5) is 11.8. The molecule has 5 heteroatoms. The first kappa shape index (κ1) is 12.2. The minimum Gasteiger partial charge on any atom is -0.462 e. The molecular weight excluding hydrogens is 242 g/mol. The monoisotopic (exact) mass is 255 g/mol. The van der Waals surface area contributed by atoms with Crippen molar-refractivity contribution in [2.45, 2.75) is 6.42 Å². The molecule has 0 amide bonds. The highest BCUT2D eigenvalue weighted by atomic mass is 35.5. The molecule has 1 aliphatic rings. The van der Waals surface area contributed by atoms with Crippen molar-refractivity contribution >= 4 is 23.3 Å². The fourth-order valence-electron chi connectivity index (χ4n) is 1.74. The Labute approximate surface area is 105 Å². The number of rotatable bonds is 3. The van der Waals surface area contributed by atoms with E-state index in [1.165, 1.54) is 0 Å². The number of halogens is 1. The number of hydrogen-bond donors (Lipinski definition) is 1. The Morgan fingerprint density at radius 2 is 2.41 bits per heavy atom. The molecule has 1 aromatic rings. The van der Waals surface area contributed by atoms with Gasteiger partial charge in [0.1, 0.15) is 5.56 Å². The van der Waals surface area contributed by atoms with Gasteiger partial charge in [-0.2, -0.15) is 0 Å². The molecule has 2 rings (SSSR count). The maximum atomic E-state index is 11.8. The van der Waals surface area contributed by atoms with Crippen LogP contribution in [0.25, 0.3) is 0 Å². The van der Waals surface area contributed by atoms with Gasteiger partial charge in [0, 0.05) is 18.2 Å². The van der Waals surface area contributed by atoms with Crippen LogP contribution in [0, 0.1) is 5.92 Å². The van der Waals surface area contributed by atoms with Crippen LogP contribution in [0.3, 0.4) is 0 Å². The molecule has 92 valence electrons. The third-order valence-electron chi connectivity index (χ3n) is 2.72. The van der Waals surface area contributed by atoms with Gasteiger partial charge in [-0.25, -0.2) is 4.79 Å². The summed E-state index contributed by atoms with van der Waals surface area (Å²) in [7, 11) is 0. The minimum atomic E-state index is -0.472. The topological polar surface area (TPSA) is 61.6 Å². The molecule has 1 aromatic carbocycles. The van der Waals surface area contributed by atoms with Crippen LogP contribution in [0.15, 0.2) is 18.2 Å². The van der Waals surface area contributed by atoms with Gasteiger partial charge in [-0.05, 0) is 18.6 Å². The Hall–Kier alpha value is -1.26. The summed E-state index contributed by atoms with van der Waals surface area (Å²) in [5.74, 6) is -0.192. The lowest BCUT2D eigenvalue weighted by Crippen LogP contribution is -2.15. The zero-order chi connectivity index (χ0) is 12.3. The van der Waals surface area contributed by atoms with Gasteiger partial charge in [-0.15, -0.1) is 0 Å². The smallest absolute Gasteiger partial charge is 0.341 e. The van der Waals surface area contributed by atoms with Crippen LogP contribution in [0.2, 0.25) is 5.02 Å². The molecule has 4 nitrogen and oxygen atoms in total. The molecule has 0 aromatic heterocycles. The molecular formula is C12H14ClNO3. The highest BCUT2D eigenvalue weighted by molar-refractivity contribution is 6.34. The van der Waals surface area contributed by atoms with Crippen molar-refractivity contribution in [3.63, 3.8) is 0 Å². The lowest BCUT2D eigenvalue weighted by Gasteiger charge is -2.11. The van der Waals surface area contributed by atoms with Crippen LogP contribution in [0.4, 0.5) is 5.69 Å². The zero-order valence-corrected chi connectivity index (χ0v) is 10.1. The van der Waals surface area contributed by atoms with Crippen LogP contribution in [-0.2, 0) is 9.47 Å². The van der Waals surface area contributed by atoms with E-state index in [0.717, 1.165) is 13.0 Å². The molecule has 0 saturated carbocycles. The van der Waals surface area contributed by atoms with E-state index in [2.05, 4.69) is 0 Å². The molecule has 1 atom stereocenters. The summed E-state index contributed by atoms with van der Waals surface area (Å²) >= 11 is 5.91. The second-order valence-corrected chi connectivity index (χ2v) is 4.44. The van der Waals surface area contributed by atoms with Crippen molar-refractivity contribution in [2.24, 2.45) is 5.92 Å². The third-order valence-corrected chi connectivity index (χ3v) is 3.04. The number of nitrogen functional groups attached to an aromatic ring is 1. The molecule has 1 saturated heterocycles. The van der Waals surface area contributed by atoms with Gasteiger partial charge in [0.2, 0.25) is 0 Å². The average molecular weight is 256 g/mol. The van der Waals surface area contributed by atoms with E-state index in [-0.39, 0.29) is 11.5 Å². The molecule has 0 radical (unpaired) electrons. The summed E-state index contributed by atoms with van der Waals surface area (Å²) in [6.45, 7) is 1.73. The second kappa shape index (κ2) is 5.38. The van der Waals surface area contributed by atoms with Crippen LogP contribution < -0.4 is 5.73 Å².